The number of hydrogen-bond donors (Lipinski definition) is 1. The predicted molar refractivity (Wildman–Crippen MR) is 62.0 cm³/mol. The highest BCUT2D eigenvalue weighted by atomic mass is 16.5. The van der Waals surface area contributed by atoms with Gasteiger partial charge in [0, 0.05) is 31.9 Å². The summed E-state index contributed by atoms with van der Waals surface area (Å²) >= 11 is 0. The molecule has 1 atom stereocenters. The van der Waals surface area contributed by atoms with Crippen molar-refractivity contribution in [3.05, 3.63) is 0 Å². The van der Waals surface area contributed by atoms with Crippen LogP contribution in [-0.2, 0) is 4.74 Å². The molecule has 1 aliphatic rings. The molecule has 3 heteroatoms. The Morgan fingerprint density at radius 2 is 2.20 bits per heavy atom. The Morgan fingerprint density at radius 3 is 2.87 bits per heavy atom. The average molecular weight is 215 g/mol. The lowest BCUT2D eigenvalue weighted by Crippen LogP contribution is -2.36. The number of aliphatic hydroxyl groups excluding tert-OH is 1. The van der Waals surface area contributed by atoms with Crippen molar-refractivity contribution in [1.29, 1.82) is 0 Å². The second-order valence-corrected chi connectivity index (χ2v) is 4.61. The molecule has 90 valence electrons. The molecule has 0 aliphatic carbocycles. The van der Waals surface area contributed by atoms with Crippen LogP contribution in [0, 0.1) is 0 Å². The minimum absolute atomic E-state index is 0.238. The van der Waals surface area contributed by atoms with Gasteiger partial charge in [-0.1, -0.05) is 0 Å². The molecule has 0 bridgehead atoms. The lowest BCUT2D eigenvalue weighted by Gasteiger charge is -2.28. The average Bonchev–Trinajstić information content (AvgIpc) is 2.66. The van der Waals surface area contributed by atoms with Gasteiger partial charge in [-0.05, 0) is 46.1 Å². The van der Waals surface area contributed by atoms with Crippen LogP contribution in [-0.4, -0.2) is 48.5 Å². The maximum absolute atomic E-state index is 8.60. The van der Waals surface area contributed by atoms with Crippen LogP contribution in [0.5, 0.6) is 0 Å². The zero-order valence-corrected chi connectivity index (χ0v) is 10.1. The lowest BCUT2D eigenvalue weighted by atomic mass is 10.1. The topological polar surface area (TPSA) is 32.7 Å². The molecule has 1 aliphatic heterocycles. The second kappa shape index (κ2) is 7.20. The first-order chi connectivity index (χ1) is 7.25. The minimum atomic E-state index is 0.238. The van der Waals surface area contributed by atoms with Gasteiger partial charge < -0.3 is 9.84 Å². The standard InChI is InChI=1S/C12H25NO2/c1-11(2)13-7-3-5-12(13)6-10-15-9-4-8-14/h11-12,14H,3-10H2,1-2H3/t12-/m0/s1. The van der Waals surface area contributed by atoms with E-state index in [2.05, 4.69) is 18.7 Å². The number of rotatable bonds is 7. The van der Waals surface area contributed by atoms with Crippen molar-refractivity contribution in [2.45, 2.75) is 51.6 Å². The zero-order chi connectivity index (χ0) is 11.1. The third kappa shape index (κ3) is 4.49. The summed E-state index contributed by atoms with van der Waals surface area (Å²) in [5.74, 6) is 0. The quantitative estimate of drug-likeness (QED) is 0.655. The first-order valence-corrected chi connectivity index (χ1v) is 6.20. The fourth-order valence-corrected chi connectivity index (χ4v) is 2.34. The van der Waals surface area contributed by atoms with Crippen LogP contribution in [0.1, 0.15) is 39.5 Å². The minimum Gasteiger partial charge on any atom is -0.396 e. The fraction of sp³-hybridized carbons (Fsp3) is 1.00. The third-order valence-corrected chi connectivity index (χ3v) is 3.13. The molecule has 1 fully saturated rings. The molecule has 1 heterocycles. The first kappa shape index (κ1) is 12.9. The van der Waals surface area contributed by atoms with E-state index in [9.17, 15) is 0 Å². The van der Waals surface area contributed by atoms with E-state index in [1.807, 2.05) is 0 Å². The number of ether oxygens (including phenoxy) is 1. The molecule has 15 heavy (non-hydrogen) atoms. The Kier molecular flexibility index (Phi) is 6.22. The van der Waals surface area contributed by atoms with Crippen LogP contribution in [0.2, 0.25) is 0 Å². The summed E-state index contributed by atoms with van der Waals surface area (Å²) in [6.45, 7) is 7.56. The Hall–Kier alpha value is -0.120. The van der Waals surface area contributed by atoms with Gasteiger partial charge in [0.25, 0.3) is 0 Å². The Morgan fingerprint density at radius 1 is 1.40 bits per heavy atom. The molecule has 3 nitrogen and oxygen atoms in total. The highest BCUT2D eigenvalue weighted by Crippen LogP contribution is 2.22. The van der Waals surface area contributed by atoms with Crippen molar-refractivity contribution < 1.29 is 9.84 Å². The number of likely N-dealkylation sites (tertiary alicyclic amines) is 1. The maximum Gasteiger partial charge on any atom is 0.0487 e. The van der Waals surface area contributed by atoms with E-state index in [-0.39, 0.29) is 6.61 Å². The third-order valence-electron chi connectivity index (χ3n) is 3.13. The van der Waals surface area contributed by atoms with Crippen LogP contribution in [0.15, 0.2) is 0 Å². The Bertz CT molecular complexity index is 162. The predicted octanol–water partition coefficient (Wildman–Crippen LogP) is 1.65. The molecule has 0 saturated carbocycles. The molecule has 1 saturated heterocycles. The van der Waals surface area contributed by atoms with Gasteiger partial charge in [-0.25, -0.2) is 0 Å². The van der Waals surface area contributed by atoms with Gasteiger partial charge in [-0.3, -0.25) is 4.90 Å². The van der Waals surface area contributed by atoms with Gasteiger partial charge in [0.15, 0.2) is 0 Å². The van der Waals surface area contributed by atoms with Gasteiger partial charge in [0.05, 0.1) is 0 Å². The van der Waals surface area contributed by atoms with E-state index in [1.54, 1.807) is 0 Å². The molecule has 0 aromatic rings. The SMILES string of the molecule is CC(C)N1CCC[C@H]1CCOCCCO. The van der Waals surface area contributed by atoms with E-state index in [4.69, 9.17) is 9.84 Å². The number of aliphatic hydroxyl groups is 1. The van der Waals surface area contributed by atoms with E-state index in [1.165, 1.54) is 19.4 Å². The summed E-state index contributed by atoms with van der Waals surface area (Å²) in [5, 5.41) is 8.60. The van der Waals surface area contributed by atoms with Crippen molar-refractivity contribution in [3.63, 3.8) is 0 Å². The first-order valence-electron chi connectivity index (χ1n) is 6.20. The van der Waals surface area contributed by atoms with Crippen LogP contribution < -0.4 is 0 Å². The zero-order valence-electron chi connectivity index (χ0n) is 10.1. The normalized spacial score (nSPS) is 22.8. The van der Waals surface area contributed by atoms with Crippen molar-refractivity contribution in [2.24, 2.45) is 0 Å². The highest BCUT2D eigenvalue weighted by Gasteiger charge is 2.25. The summed E-state index contributed by atoms with van der Waals surface area (Å²) in [4.78, 5) is 2.58. The largest absolute Gasteiger partial charge is 0.396 e. The van der Waals surface area contributed by atoms with Gasteiger partial charge in [-0.2, -0.15) is 0 Å². The molecule has 0 unspecified atom stereocenters. The lowest BCUT2D eigenvalue weighted by molar-refractivity contribution is 0.0901. The van der Waals surface area contributed by atoms with Crippen molar-refractivity contribution in [1.82, 2.24) is 4.90 Å². The molecule has 0 amide bonds. The van der Waals surface area contributed by atoms with Crippen molar-refractivity contribution in [3.8, 4) is 0 Å². The molecule has 0 aromatic carbocycles. The molecule has 1 N–H and O–H groups in total. The van der Waals surface area contributed by atoms with Crippen molar-refractivity contribution >= 4 is 0 Å². The molecular weight excluding hydrogens is 190 g/mol. The second-order valence-electron chi connectivity index (χ2n) is 4.61. The smallest absolute Gasteiger partial charge is 0.0487 e. The van der Waals surface area contributed by atoms with E-state index in [0.29, 0.717) is 12.6 Å². The van der Waals surface area contributed by atoms with Gasteiger partial charge in [0.1, 0.15) is 0 Å². The summed E-state index contributed by atoms with van der Waals surface area (Å²) < 4.78 is 5.48. The van der Waals surface area contributed by atoms with Crippen LogP contribution in [0.25, 0.3) is 0 Å². The van der Waals surface area contributed by atoms with Gasteiger partial charge in [-0.15, -0.1) is 0 Å². The summed E-state index contributed by atoms with van der Waals surface area (Å²) in [5.41, 5.74) is 0. The van der Waals surface area contributed by atoms with Gasteiger partial charge in [0.2, 0.25) is 0 Å². The molecular formula is C12H25NO2. The van der Waals surface area contributed by atoms with Gasteiger partial charge >= 0.3 is 0 Å². The maximum atomic E-state index is 8.60. The van der Waals surface area contributed by atoms with Crippen LogP contribution >= 0.6 is 0 Å². The number of nitrogens with zero attached hydrogens (tertiary/aromatic N) is 1. The van der Waals surface area contributed by atoms with Crippen molar-refractivity contribution in [2.75, 3.05) is 26.4 Å². The molecule has 0 aromatic heterocycles. The summed E-state index contributed by atoms with van der Waals surface area (Å²) in [6.07, 6.45) is 4.56. The van der Waals surface area contributed by atoms with E-state index in [0.717, 1.165) is 25.5 Å². The highest BCUT2D eigenvalue weighted by molar-refractivity contribution is 4.81. The number of hydrogen-bond acceptors (Lipinski definition) is 3. The van der Waals surface area contributed by atoms with Crippen LogP contribution in [0.3, 0.4) is 0 Å². The summed E-state index contributed by atoms with van der Waals surface area (Å²) in [6, 6.07) is 1.38. The Balaban J connectivity index is 2.09. The molecule has 0 radical (unpaired) electrons. The molecule has 1 rings (SSSR count). The van der Waals surface area contributed by atoms with E-state index >= 15 is 0 Å². The monoisotopic (exact) mass is 215 g/mol. The molecule has 0 spiro atoms. The van der Waals surface area contributed by atoms with Crippen LogP contribution in [0.4, 0.5) is 0 Å². The summed E-state index contributed by atoms with van der Waals surface area (Å²) in [7, 11) is 0. The fourth-order valence-electron chi connectivity index (χ4n) is 2.34. The Labute approximate surface area is 93.4 Å². The van der Waals surface area contributed by atoms with E-state index < -0.39 is 0 Å².